The normalized spacial score (nSPS) is 12.3. The van der Waals surface area contributed by atoms with Crippen LogP contribution in [-0.4, -0.2) is 11.5 Å². The molecule has 0 aliphatic heterocycles. The zero-order valence-corrected chi connectivity index (χ0v) is 10.7. The maximum absolute atomic E-state index is 10.8. The number of halogens is 2. The summed E-state index contributed by atoms with van der Waals surface area (Å²) >= 11 is 11.9. The molecule has 0 N–H and O–H groups in total. The number of hydrogen-bond acceptors (Lipinski definition) is 3. The molecule has 2 rings (SSSR count). The molecule has 1 aromatic carbocycles. The first-order valence-corrected chi connectivity index (χ1v) is 5.93. The second-order valence-corrected chi connectivity index (χ2v) is 4.59. The highest BCUT2D eigenvalue weighted by atomic mass is 35.5. The summed E-state index contributed by atoms with van der Waals surface area (Å²) in [4.78, 5) is 10.4. The van der Waals surface area contributed by atoms with Crippen molar-refractivity contribution in [1.82, 2.24) is 0 Å². The van der Waals surface area contributed by atoms with Crippen molar-refractivity contribution >= 4 is 23.2 Å². The van der Waals surface area contributed by atoms with Gasteiger partial charge in [-0.15, -0.1) is 0 Å². The van der Waals surface area contributed by atoms with E-state index in [0.29, 0.717) is 21.4 Å². The first kappa shape index (κ1) is 12.9. The predicted octanol–water partition coefficient (Wildman–Crippen LogP) is 4.00. The third kappa shape index (κ3) is 2.83. The van der Waals surface area contributed by atoms with Gasteiger partial charge in [-0.3, -0.25) is 10.1 Å². The molecule has 0 spiro atoms. The maximum atomic E-state index is 10.8. The largest absolute Gasteiger partial charge is 0.468 e. The van der Waals surface area contributed by atoms with E-state index in [1.165, 1.54) is 6.26 Å². The maximum Gasteiger partial charge on any atom is 0.217 e. The molecule has 6 heteroatoms. The van der Waals surface area contributed by atoms with Crippen molar-refractivity contribution in [2.45, 2.75) is 5.92 Å². The summed E-state index contributed by atoms with van der Waals surface area (Å²) in [6, 6.07) is 8.28. The fourth-order valence-electron chi connectivity index (χ4n) is 1.76. The topological polar surface area (TPSA) is 56.3 Å². The van der Waals surface area contributed by atoms with Gasteiger partial charge in [0.05, 0.1) is 6.26 Å². The molecule has 0 amide bonds. The van der Waals surface area contributed by atoms with Crippen LogP contribution in [0.3, 0.4) is 0 Å². The average Bonchev–Trinajstić information content (AvgIpc) is 2.79. The van der Waals surface area contributed by atoms with E-state index in [2.05, 4.69) is 0 Å². The van der Waals surface area contributed by atoms with Crippen LogP contribution in [0, 0.1) is 10.1 Å². The standard InChI is InChI=1S/C12H9Cl2NO3/c13-8-3-4-9(11(14)6-8)10(7-15(16)17)12-2-1-5-18-12/h1-6,10H,7H2. The Labute approximate surface area is 113 Å². The molecule has 18 heavy (non-hydrogen) atoms. The third-order valence-corrected chi connectivity index (χ3v) is 3.12. The van der Waals surface area contributed by atoms with Crippen molar-refractivity contribution in [2.24, 2.45) is 0 Å². The Morgan fingerprint density at radius 3 is 2.67 bits per heavy atom. The molecule has 0 saturated carbocycles. The minimum atomic E-state index is -0.514. The van der Waals surface area contributed by atoms with Gasteiger partial charge in [0.1, 0.15) is 11.7 Å². The Bertz CT molecular complexity index is 554. The Morgan fingerprint density at radius 1 is 1.33 bits per heavy atom. The van der Waals surface area contributed by atoms with Gasteiger partial charge in [-0.25, -0.2) is 0 Å². The monoisotopic (exact) mass is 285 g/mol. The quantitative estimate of drug-likeness (QED) is 0.630. The van der Waals surface area contributed by atoms with Crippen molar-refractivity contribution in [3.63, 3.8) is 0 Å². The molecular formula is C12H9Cl2NO3. The minimum absolute atomic E-state index is 0.283. The predicted molar refractivity (Wildman–Crippen MR) is 68.9 cm³/mol. The van der Waals surface area contributed by atoms with Gasteiger partial charge in [0.25, 0.3) is 0 Å². The van der Waals surface area contributed by atoms with Crippen LogP contribution in [0.25, 0.3) is 0 Å². The molecule has 1 atom stereocenters. The summed E-state index contributed by atoms with van der Waals surface area (Å²) in [5, 5.41) is 11.6. The Kier molecular flexibility index (Phi) is 3.89. The van der Waals surface area contributed by atoms with Crippen molar-refractivity contribution in [3.8, 4) is 0 Å². The van der Waals surface area contributed by atoms with Crippen LogP contribution in [0.1, 0.15) is 17.2 Å². The van der Waals surface area contributed by atoms with Crippen LogP contribution in [0.5, 0.6) is 0 Å². The SMILES string of the molecule is O=[N+]([O-])CC(c1ccco1)c1ccc(Cl)cc1Cl. The second kappa shape index (κ2) is 5.42. The highest BCUT2D eigenvalue weighted by Crippen LogP contribution is 2.32. The van der Waals surface area contributed by atoms with E-state index < -0.39 is 10.8 Å². The van der Waals surface area contributed by atoms with Crippen LogP contribution in [0.4, 0.5) is 0 Å². The van der Waals surface area contributed by atoms with Crippen LogP contribution >= 0.6 is 23.2 Å². The molecule has 0 saturated heterocycles. The van der Waals surface area contributed by atoms with Crippen LogP contribution in [0.2, 0.25) is 10.0 Å². The lowest BCUT2D eigenvalue weighted by Crippen LogP contribution is -2.13. The molecule has 4 nitrogen and oxygen atoms in total. The summed E-state index contributed by atoms with van der Waals surface area (Å²) in [5.41, 5.74) is 0.632. The molecule has 0 aliphatic rings. The highest BCUT2D eigenvalue weighted by molar-refractivity contribution is 6.35. The summed E-state index contributed by atoms with van der Waals surface area (Å²) in [6.45, 7) is -0.283. The van der Waals surface area contributed by atoms with E-state index in [1.807, 2.05) is 0 Å². The van der Waals surface area contributed by atoms with Crippen molar-refractivity contribution < 1.29 is 9.34 Å². The van der Waals surface area contributed by atoms with Crippen molar-refractivity contribution in [3.05, 3.63) is 68.1 Å². The lowest BCUT2D eigenvalue weighted by molar-refractivity contribution is -0.482. The Morgan fingerprint density at radius 2 is 2.11 bits per heavy atom. The van der Waals surface area contributed by atoms with Gasteiger partial charge in [0, 0.05) is 15.0 Å². The zero-order valence-electron chi connectivity index (χ0n) is 9.18. The third-order valence-electron chi connectivity index (χ3n) is 2.56. The summed E-state index contributed by atoms with van der Waals surface area (Å²) in [5.74, 6) is -0.00399. The molecule has 2 aromatic rings. The van der Waals surface area contributed by atoms with Gasteiger partial charge >= 0.3 is 0 Å². The summed E-state index contributed by atoms with van der Waals surface area (Å²) < 4.78 is 5.24. The minimum Gasteiger partial charge on any atom is -0.468 e. The summed E-state index contributed by atoms with van der Waals surface area (Å²) in [7, 11) is 0. The molecule has 0 bridgehead atoms. The first-order valence-electron chi connectivity index (χ1n) is 5.18. The van der Waals surface area contributed by atoms with Crippen molar-refractivity contribution in [2.75, 3.05) is 6.54 Å². The van der Waals surface area contributed by atoms with Gasteiger partial charge in [0.2, 0.25) is 6.54 Å². The zero-order chi connectivity index (χ0) is 13.1. The second-order valence-electron chi connectivity index (χ2n) is 3.75. The highest BCUT2D eigenvalue weighted by Gasteiger charge is 2.25. The van der Waals surface area contributed by atoms with E-state index >= 15 is 0 Å². The van der Waals surface area contributed by atoms with Crippen LogP contribution in [-0.2, 0) is 0 Å². The Balaban J connectivity index is 2.43. The van der Waals surface area contributed by atoms with Gasteiger partial charge in [-0.05, 0) is 29.8 Å². The van der Waals surface area contributed by atoms with E-state index in [4.69, 9.17) is 27.6 Å². The number of furan rings is 1. The molecule has 0 fully saturated rings. The molecule has 1 heterocycles. The average molecular weight is 286 g/mol. The van der Waals surface area contributed by atoms with Gasteiger partial charge in [0.15, 0.2) is 0 Å². The van der Waals surface area contributed by atoms with Crippen LogP contribution < -0.4 is 0 Å². The molecule has 0 radical (unpaired) electrons. The fourth-order valence-corrected chi connectivity index (χ4v) is 2.30. The lowest BCUT2D eigenvalue weighted by atomic mass is 9.96. The smallest absolute Gasteiger partial charge is 0.217 e. The van der Waals surface area contributed by atoms with Gasteiger partial charge < -0.3 is 4.42 Å². The molecular weight excluding hydrogens is 277 g/mol. The molecule has 94 valence electrons. The lowest BCUT2D eigenvalue weighted by Gasteiger charge is -2.12. The van der Waals surface area contributed by atoms with E-state index in [-0.39, 0.29) is 6.54 Å². The number of nitrogens with zero attached hydrogens (tertiary/aromatic N) is 1. The van der Waals surface area contributed by atoms with E-state index in [0.717, 1.165) is 0 Å². The Hall–Kier alpha value is -1.52. The number of nitro groups is 1. The van der Waals surface area contributed by atoms with Crippen molar-refractivity contribution in [1.29, 1.82) is 0 Å². The molecule has 1 unspecified atom stereocenters. The summed E-state index contributed by atoms with van der Waals surface area (Å²) in [6.07, 6.45) is 1.48. The molecule has 1 aromatic heterocycles. The number of benzene rings is 1. The fraction of sp³-hybridized carbons (Fsp3) is 0.167. The van der Waals surface area contributed by atoms with Gasteiger partial charge in [-0.2, -0.15) is 0 Å². The number of rotatable bonds is 4. The van der Waals surface area contributed by atoms with Crippen LogP contribution in [0.15, 0.2) is 41.0 Å². The molecule has 0 aliphatic carbocycles. The number of hydrogen-bond donors (Lipinski definition) is 0. The first-order chi connectivity index (χ1) is 8.58. The van der Waals surface area contributed by atoms with Gasteiger partial charge in [-0.1, -0.05) is 29.3 Å². The van der Waals surface area contributed by atoms with E-state index in [1.54, 1.807) is 30.3 Å². The van der Waals surface area contributed by atoms with E-state index in [9.17, 15) is 10.1 Å².